The van der Waals surface area contributed by atoms with Gasteiger partial charge in [0.25, 0.3) is 0 Å². The molecule has 0 saturated heterocycles. The standard InChI is InChI=1S/C15H31NO2/c1-7-15(6,17)10-16-12-8-13(14(12,4)5)18-9-11(2)3/h11-13,16-17H,7-10H2,1-6H3. The van der Waals surface area contributed by atoms with Crippen molar-refractivity contribution in [3.8, 4) is 0 Å². The van der Waals surface area contributed by atoms with Crippen molar-refractivity contribution in [3.05, 3.63) is 0 Å². The van der Waals surface area contributed by atoms with Gasteiger partial charge in [0.1, 0.15) is 0 Å². The highest BCUT2D eigenvalue weighted by Crippen LogP contribution is 2.43. The highest BCUT2D eigenvalue weighted by atomic mass is 16.5. The molecule has 3 nitrogen and oxygen atoms in total. The highest BCUT2D eigenvalue weighted by Gasteiger charge is 2.49. The zero-order valence-corrected chi connectivity index (χ0v) is 12.9. The largest absolute Gasteiger partial charge is 0.389 e. The van der Waals surface area contributed by atoms with Crippen molar-refractivity contribution in [2.75, 3.05) is 13.2 Å². The van der Waals surface area contributed by atoms with E-state index < -0.39 is 5.60 Å². The van der Waals surface area contributed by atoms with E-state index in [9.17, 15) is 5.11 Å². The Morgan fingerprint density at radius 3 is 2.50 bits per heavy atom. The molecule has 3 unspecified atom stereocenters. The molecule has 0 radical (unpaired) electrons. The van der Waals surface area contributed by atoms with E-state index in [0.29, 0.717) is 24.6 Å². The Morgan fingerprint density at radius 2 is 2.06 bits per heavy atom. The second kappa shape index (κ2) is 5.89. The third-order valence-electron chi connectivity index (χ3n) is 4.30. The lowest BCUT2D eigenvalue weighted by Crippen LogP contribution is -2.62. The average Bonchev–Trinajstić information content (AvgIpc) is 2.26. The molecule has 2 N–H and O–H groups in total. The summed E-state index contributed by atoms with van der Waals surface area (Å²) in [6.45, 7) is 14.3. The van der Waals surface area contributed by atoms with Gasteiger partial charge >= 0.3 is 0 Å². The van der Waals surface area contributed by atoms with Crippen LogP contribution < -0.4 is 5.32 Å². The van der Waals surface area contributed by atoms with E-state index in [4.69, 9.17) is 4.74 Å². The monoisotopic (exact) mass is 257 g/mol. The molecule has 0 heterocycles. The summed E-state index contributed by atoms with van der Waals surface area (Å²) < 4.78 is 5.94. The number of hydrogen-bond acceptors (Lipinski definition) is 3. The Morgan fingerprint density at radius 1 is 1.44 bits per heavy atom. The Balaban J connectivity index is 2.35. The molecule has 0 aliphatic heterocycles. The van der Waals surface area contributed by atoms with E-state index in [0.717, 1.165) is 19.4 Å². The maximum Gasteiger partial charge on any atom is 0.0741 e. The van der Waals surface area contributed by atoms with Crippen molar-refractivity contribution < 1.29 is 9.84 Å². The van der Waals surface area contributed by atoms with E-state index in [1.54, 1.807) is 0 Å². The maximum atomic E-state index is 10.0. The Bertz CT molecular complexity index is 261. The summed E-state index contributed by atoms with van der Waals surface area (Å²) in [5.74, 6) is 0.591. The zero-order chi connectivity index (χ0) is 14.0. The number of rotatable bonds is 7. The van der Waals surface area contributed by atoms with Gasteiger partial charge in [0, 0.05) is 24.6 Å². The van der Waals surface area contributed by atoms with E-state index in [1.807, 2.05) is 13.8 Å². The third kappa shape index (κ3) is 3.94. The lowest BCUT2D eigenvalue weighted by Gasteiger charge is -2.52. The fourth-order valence-corrected chi connectivity index (χ4v) is 2.29. The molecule has 0 amide bonds. The molecule has 0 aromatic carbocycles. The first-order valence-corrected chi connectivity index (χ1v) is 7.26. The molecule has 3 heteroatoms. The number of hydrogen-bond donors (Lipinski definition) is 2. The van der Waals surface area contributed by atoms with Crippen LogP contribution >= 0.6 is 0 Å². The lowest BCUT2D eigenvalue weighted by atomic mass is 9.64. The number of aliphatic hydroxyl groups is 1. The van der Waals surface area contributed by atoms with Gasteiger partial charge < -0.3 is 15.2 Å². The quantitative estimate of drug-likeness (QED) is 0.736. The molecule has 0 aromatic heterocycles. The summed E-state index contributed by atoms with van der Waals surface area (Å²) >= 11 is 0. The van der Waals surface area contributed by atoms with Crippen LogP contribution in [0.5, 0.6) is 0 Å². The van der Waals surface area contributed by atoms with Crippen molar-refractivity contribution in [1.82, 2.24) is 5.32 Å². The van der Waals surface area contributed by atoms with E-state index in [-0.39, 0.29) is 5.41 Å². The molecule has 1 saturated carbocycles. The fourth-order valence-electron chi connectivity index (χ4n) is 2.29. The molecule has 3 atom stereocenters. The van der Waals surface area contributed by atoms with E-state index >= 15 is 0 Å². The van der Waals surface area contributed by atoms with E-state index in [1.165, 1.54) is 0 Å². The fraction of sp³-hybridized carbons (Fsp3) is 1.00. The SMILES string of the molecule is CCC(C)(O)CNC1CC(OCC(C)C)C1(C)C. The van der Waals surface area contributed by atoms with Crippen LogP contribution in [-0.2, 0) is 4.74 Å². The normalized spacial score (nSPS) is 30.0. The molecular weight excluding hydrogens is 226 g/mol. The second-order valence-corrected chi connectivity index (χ2v) is 7.06. The summed E-state index contributed by atoms with van der Waals surface area (Å²) in [6, 6.07) is 0.452. The van der Waals surface area contributed by atoms with Crippen molar-refractivity contribution >= 4 is 0 Å². The summed E-state index contributed by atoms with van der Waals surface area (Å²) in [5, 5.41) is 13.5. The highest BCUT2D eigenvalue weighted by molar-refractivity contribution is 5.03. The summed E-state index contributed by atoms with van der Waals surface area (Å²) in [7, 11) is 0. The van der Waals surface area contributed by atoms with Gasteiger partial charge in [-0.25, -0.2) is 0 Å². The van der Waals surface area contributed by atoms with Crippen molar-refractivity contribution in [1.29, 1.82) is 0 Å². The van der Waals surface area contributed by atoms with Gasteiger partial charge in [0.15, 0.2) is 0 Å². The average molecular weight is 257 g/mol. The maximum absolute atomic E-state index is 10.0. The van der Waals surface area contributed by atoms with Gasteiger partial charge in [-0.2, -0.15) is 0 Å². The second-order valence-electron chi connectivity index (χ2n) is 7.06. The molecule has 0 aromatic rings. The molecule has 0 spiro atoms. The predicted molar refractivity (Wildman–Crippen MR) is 75.7 cm³/mol. The minimum Gasteiger partial charge on any atom is -0.389 e. The minimum absolute atomic E-state index is 0.165. The van der Waals surface area contributed by atoms with Gasteiger partial charge in [-0.3, -0.25) is 0 Å². The van der Waals surface area contributed by atoms with Crippen LogP contribution in [0.3, 0.4) is 0 Å². The van der Waals surface area contributed by atoms with Gasteiger partial charge in [0.2, 0.25) is 0 Å². The summed E-state index contributed by atoms with van der Waals surface area (Å²) in [4.78, 5) is 0. The Kier molecular flexibility index (Phi) is 5.22. The van der Waals surface area contributed by atoms with Crippen LogP contribution in [0.1, 0.15) is 54.4 Å². The third-order valence-corrected chi connectivity index (χ3v) is 4.30. The Hall–Kier alpha value is -0.120. The topological polar surface area (TPSA) is 41.5 Å². The van der Waals surface area contributed by atoms with Crippen LogP contribution in [0, 0.1) is 11.3 Å². The summed E-state index contributed by atoms with van der Waals surface area (Å²) in [5.41, 5.74) is -0.432. The molecule has 0 bridgehead atoms. The minimum atomic E-state index is -0.597. The molecular formula is C15H31NO2. The van der Waals surface area contributed by atoms with Crippen LogP contribution in [0.25, 0.3) is 0 Å². The van der Waals surface area contributed by atoms with Gasteiger partial charge in [0.05, 0.1) is 11.7 Å². The molecule has 108 valence electrons. The zero-order valence-electron chi connectivity index (χ0n) is 12.9. The molecule has 1 fully saturated rings. The molecule has 1 aliphatic carbocycles. The number of ether oxygens (including phenoxy) is 1. The molecule has 1 aliphatic rings. The van der Waals surface area contributed by atoms with Crippen molar-refractivity contribution in [2.24, 2.45) is 11.3 Å². The first kappa shape index (κ1) is 15.9. The smallest absolute Gasteiger partial charge is 0.0741 e. The number of nitrogens with one attached hydrogen (secondary N) is 1. The lowest BCUT2D eigenvalue weighted by molar-refractivity contribution is -0.126. The van der Waals surface area contributed by atoms with Crippen LogP contribution in [0.4, 0.5) is 0 Å². The first-order valence-electron chi connectivity index (χ1n) is 7.26. The van der Waals surface area contributed by atoms with Crippen molar-refractivity contribution in [3.63, 3.8) is 0 Å². The molecule has 1 rings (SSSR count). The Labute approximate surface area is 112 Å². The van der Waals surface area contributed by atoms with Crippen LogP contribution in [0.2, 0.25) is 0 Å². The predicted octanol–water partition coefficient (Wildman–Crippen LogP) is 2.58. The van der Waals surface area contributed by atoms with Gasteiger partial charge in [-0.1, -0.05) is 34.6 Å². The summed E-state index contributed by atoms with van der Waals surface area (Å²) in [6.07, 6.45) is 2.18. The van der Waals surface area contributed by atoms with E-state index in [2.05, 4.69) is 33.0 Å². The molecule has 18 heavy (non-hydrogen) atoms. The van der Waals surface area contributed by atoms with Crippen LogP contribution in [-0.4, -0.2) is 36.0 Å². The van der Waals surface area contributed by atoms with Gasteiger partial charge in [-0.05, 0) is 25.7 Å². The van der Waals surface area contributed by atoms with Crippen LogP contribution in [0.15, 0.2) is 0 Å². The van der Waals surface area contributed by atoms with Gasteiger partial charge in [-0.15, -0.1) is 0 Å². The van der Waals surface area contributed by atoms with Crippen molar-refractivity contribution in [2.45, 2.75) is 72.1 Å². The first-order chi connectivity index (χ1) is 8.19.